The first-order valence-electron chi connectivity index (χ1n) is 8.24. The third-order valence-electron chi connectivity index (χ3n) is 3.83. The zero-order chi connectivity index (χ0) is 17.4. The molecule has 0 aliphatic rings. The van der Waals surface area contributed by atoms with Crippen molar-refractivity contribution in [2.45, 2.75) is 27.2 Å². The maximum absolute atomic E-state index is 6.08. The molecule has 0 saturated heterocycles. The van der Waals surface area contributed by atoms with Gasteiger partial charge in [0.25, 0.3) is 0 Å². The molecular formula is C21H25N3. The molecule has 1 atom stereocenters. The van der Waals surface area contributed by atoms with Crippen molar-refractivity contribution in [3.8, 4) is 0 Å². The van der Waals surface area contributed by atoms with Gasteiger partial charge in [0.05, 0.1) is 5.52 Å². The van der Waals surface area contributed by atoms with E-state index in [1.165, 1.54) is 10.9 Å². The van der Waals surface area contributed by atoms with Gasteiger partial charge >= 0.3 is 0 Å². The summed E-state index contributed by atoms with van der Waals surface area (Å²) >= 11 is 0. The molecule has 0 amide bonds. The van der Waals surface area contributed by atoms with Crippen LogP contribution in [0.15, 0.2) is 77.6 Å². The van der Waals surface area contributed by atoms with Gasteiger partial charge in [-0.25, -0.2) is 4.99 Å². The summed E-state index contributed by atoms with van der Waals surface area (Å²) in [6.07, 6.45) is 12.8. The van der Waals surface area contributed by atoms with Gasteiger partial charge in [-0.15, -0.1) is 0 Å². The lowest BCUT2D eigenvalue weighted by molar-refractivity contribution is 0.971. The van der Waals surface area contributed by atoms with Gasteiger partial charge in [0.1, 0.15) is 5.84 Å². The summed E-state index contributed by atoms with van der Waals surface area (Å²) in [5.74, 6) is 0.746. The van der Waals surface area contributed by atoms with E-state index in [2.05, 4.69) is 28.2 Å². The van der Waals surface area contributed by atoms with Crippen molar-refractivity contribution in [3.63, 3.8) is 0 Å². The van der Waals surface area contributed by atoms with Gasteiger partial charge < -0.3 is 5.73 Å². The summed E-state index contributed by atoms with van der Waals surface area (Å²) in [6.45, 7) is 6.02. The number of amidine groups is 1. The molecule has 2 N–H and O–H groups in total. The van der Waals surface area contributed by atoms with E-state index in [4.69, 9.17) is 5.73 Å². The Morgan fingerprint density at radius 1 is 1.25 bits per heavy atom. The number of benzene rings is 1. The fourth-order valence-electron chi connectivity index (χ4n) is 2.38. The number of rotatable bonds is 6. The summed E-state index contributed by atoms with van der Waals surface area (Å²) < 4.78 is 0. The first-order chi connectivity index (χ1) is 11.6. The Hall–Kier alpha value is -2.68. The number of para-hydroxylation sites is 1. The Bertz CT molecular complexity index is 792. The molecule has 3 nitrogen and oxygen atoms in total. The SMILES string of the molecule is C/C=C\C=C/C(C)C(N)=N/C(C)=C\Cc1ccnc2ccccc12. The Morgan fingerprint density at radius 2 is 2.04 bits per heavy atom. The summed E-state index contributed by atoms with van der Waals surface area (Å²) in [7, 11) is 0. The molecule has 2 aromatic rings. The van der Waals surface area contributed by atoms with Crippen LogP contribution in [0, 0.1) is 5.92 Å². The minimum atomic E-state index is 0.117. The third-order valence-corrected chi connectivity index (χ3v) is 3.83. The van der Waals surface area contributed by atoms with E-state index in [0.717, 1.165) is 17.6 Å². The fraction of sp³-hybridized carbons (Fsp3) is 0.238. The van der Waals surface area contributed by atoms with Crippen LogP contribution in [0.5, 0.6) is 0 Å². The Labute approximate surface area is 144 Å². The number of fused-ring (bicyclic) bond motifs is 1. The van der Waals surface area contributed by atoms with Crippen molar-refractivity contribution in [2.75, 3.05) is 0 Å². The number of hydrogen-bond donors (Lipinski definition) is 1. The summed E-state index contributed by atoms with van der Waals surface area (Å²) in [5.41, 5.74) is 9.28. The minimum absolute atomic E-state index is 0.117. The van der Waals surface area contributed by atoms with Gasteiger partial charge in [0, 0.05) is 23.2 Å². The maximum Gasteiger partial charge on any atom is 0.106 e. The van der Waals surface area contributed by atoms with Crippen molar-refractivity contribution in [2.24, 2.45) is 16.6 Å². The largest absolute Gasteiger partial charge is 0.387 e. The average Bonchev–Trinajstić information content (AvgIpc) is 2.60. The van der Waals surface area contributed by atoms with Crippen LogP contribution in [0.1, 0.15) is 26.3 Å². The third kappa shape index (κ3) is 4.92. The Balaban J connectivity index is 2.11. The van der Waals surface area contributed by atoms with Crippen molar-refractivity contribution in [3.05, 3.63) is 78.2 Å². The van der Waals surface area contributed by atoms with Crippen molar-refractivity contribution in [1.82, 2.24) is 4.98 Å². The number of allylic oxidation sites excluding steroid dienone is 5. The lowest BCUT2D eigenvalue weighted by atomic mass is 10.1. The van der Waals surface area contributed by atoms with Gasteiger partial charge in [0.2, 0.25) is 0 Å². The molecular weight excluding hydrogens is 294 g/mol. The molecule has 0 aliphatic heterocycles. The van der Waals surface area contributed by atoms with Crippen LogP contribution < -0.4 is 5.73 Å². The normalized spacial score (nSPS) is 14.8. The van der Waals surface area contributed by atoms with Crippen molar-refractivity contribution >= 4 is 16.7 Å². The predicted octanol–water partition coefficient (Wildman–Crippen LogP) is 4.81. The molecule has 3 heteroatoms. The number of nitrogens with two attached hydrogens (primary N) is 1. The molecule has 124 valence electrons. The van der Waals surface area contributed by atoms with Crippen molar-refractivity contribution < 1.29 is 0 Å². The molecule has 0 saturated carbocycles. The van der Waals surface area contributed by atoms with Gasteiger partial charge in [-0.2, -0.15) is 0 Å². The quantitative estimate of drug-likeness (QED) is 0.472. The van der Waals surface area contributed by atoms with Crippen LogP contribution in [-0.2, 0) is 6.42 Å². The maximum atomic E-state index is 6.08. The standard InChI is InChI=1S/C21H25N3/c1-4-5-6-9-16(2)21(22)24-17(3)12-13-18-14-15-23-20-11-8-7-10-19(18)20/h4-12,14-16H,13H2,1-3H3,(H2,22,24)/b5-4-,9-6-,17-12-. The van der Waals surface area contributed by atoms with Crippen molar-refractivity contribution in [1.29, 1.82) is 0 Å². The molecule has 1 aromatic heterocycles. The Morgan fingerprint density at radius 3 is 2.83 bits per heavy atom. The predicted molar refractivity (Wildman–Crippen MR) is 104 cm³/mol. The van der Waals surface area contributed by atoms with E-state index in [1.807, 2.05) is 69.5 Å². The van der Waals surface area contributed by atoms with Crippen LogP contribution in [0.4, 0.5) is 0 Å². The molecule has 0 bridgehead atoms. The molecule has 24 heavy (non-hydrogen) atoms. The second-order valence-electron chi connectivity index (χ2n) is 5.77. The average molecular weight is 319 g/mol. The van der Waals surface area contributed by atoms with E-state index < -0.39 is 0 Å². The summed E-state index contributed by atoms with van der Waals surface area (Å²) in [4.78, 5) is 8.91. The second-order valence-corrected chi connectivity index (χ2v) is 5.77. The number of aliphatic imine (C=N–C) groups is 1. The van der Waals surface area contributed by atoms with E-state index >= 15 is 0 Å². The molecule has 0 fully saturated rings. The molecule has 1 heterocycles. The van der Waals surface area contributed by atoms with E-state index in [9.17, 15) is 0 Å². The Kier molecular flexibility index (Phi) is 6.50. The fourth-order valence-corrected chi connectivity index (χ4v) is 2.38. The molecule has 1 aromatic carbocycles. The second kappa shape index (κ2) is 8.82. The molecule has 0 spiro atoms. The molecule has 2 rings (SSSR count). The van der Waals surface area contributed by atoms with Crippen LogP contribution in [0.2, 0.25) is 0 Å². The first kappa shape index (κ1) is 17.7. The first-order valence-corrected chi connectivity index (χ1v) is 8.24. The molecule has 0 radical (unpaired) electrons. The topological polar surface area (TPSA) is 51.3 Å². The van der Waals surface area contributed by atoms with Gasteiger partial charge in [-0.3, -0.25) is 4.98 Å². The highest BCUT2D eigenvalue weighted by Gasteiger charge is 2.03. The monoisotopic (exact) mass is 319 g/mol. The highest BCUT2D eigenvalue weighted by molar-refractivity contribution is 5.85. The number of pyridine rings is 1. The van der Waals surface area contributed by atoms with E-state index in [-0.39, 0.29) is 5.92 Å². The smallest absolute Gasteiger partial charge is 0.106 e. The van der Waals surface area contributed by atoms with Gasteiger partial charge in [0.15, 0.2) is 0 Å². The van der Waals surface area contributed by atoms with E-state index in [1.54, 1.807) is 0 Å². The number of hydrogen-bond acceptors (Lipinski definition) is 2. The summed E-state index contributed by atoms with van der Waals surface area (Å²) in [6, 6.07) is 10.2. The van der Waals surface area contributed by atoms with Gasteiger partial charge in [-0.05, 0) is 38.0 Å². The zero-order valence-electron chi connectivity index (χ0n) is 14.6. The number of nitrogens with zero attached hydrogens (tertiary/aromatic N) is 2. The van der Waals surface area contributed by atoms with Crippen LogP contribution in [-0.4, -0.2) is 10.8 Å². The highest BCUT2D eigenvalue weighted by atomic mass is 14.9. The van der Waals surface area contributed by atoms with E-state index in [0.29, 0.717) is 5.84 Å². The van der Waals surface area contributed by atoms with Crippen LogP contribution in [0.25, 0.3) is 10.9 Å². The molecule has 1 unspecified atom stereocenters. The van der Waals surface area contributed by atoms with Crippen LogP contribution >= 0.6 is 0 Å². The minimum Gasteiger partial charge on any atom is -0.387 e. The summed E-state index contributed by atoms with van der Waals surface area (Å²) in [5, 5.41) is 1.18. The highest BCUT2D eigenvalue weighted by Crippen LogP contribution is 2.17. The lowest BCUT2D eigenvalue weighted by Gasteiger charge is -2.06. The lowest BCUT2D eigenvalue weighted by Crippen LogP contribution is -2.19. The number of aromatic nitrogens is 1. The van der Waals surface area contributed by atoms with Crippen LogP contribution in [0.3, 0.4) is 0 Å². The molecule has 0 aliphatic carbocycles. The zero-order valence-corrected chi connectivity index (χ0v) is 14.6. The van der Waals surface area contributed by atoms with Gasteiger partial charge in [-0.1, -0.05) is 55.5 Å².